The Bertz CT molecular complexity index is 1150. The number of benzene rings is 2. The molecule has 0 aliphatic carbocycles. The molecule has 3 aromatic rings. The molecule has 0 bridgehead atoms. The van der Waals surface area contributed by atoms with Crippen LogP contribution < -0.4 is 0 Å². The van der Waals surface area contributed by atoms with Crippen molar-refractivity contribution in [2.24, 2.45) is 0 Å². The predicted octanol–water partition coefficient (Wildman–Crippen LogP) is 4.62. The quantitative estimate of drug-likeness (QED) is 0.613. The van der Waals surface area contributed by atoms with Crippen molar-refractivity contribution in [1.29, 1.82) is 5.26 Å². The van der Waals surface area contributed by atoms with E-state index in [1.54, 1.807) is 13.0 Å². The first-order chi connectivity index (χ1) is 13.6. The number of amides is 2. The average molecular weight is 387 g/mol. The van der Waals surface area contributed by atoms with Crippen LogP contribution in [0.2, 0.25) is 0 Å². The summed E-state index contributed by atoms with van der Waals surface area (Å²) in [6.45, 7) is 2.82. The summed E-state index contributed by atoms with van der Waals surface area (Å²) in [5.41, 5.74) is 3.67. The van der Waals surface area contributed by atoms with Gasteiger partial charge in [-0.1, -0.05) is 30.3 Å². The Morgan fingerprint density at radius 1 is 1.11 bits per heavy atom. The van der Waals surface area contributed by atoms with Gasteiger partial charge in [0.1, 0.15) is 0 Å². The predicted molar refractivity (Wildman–Crippen MR) is 111 cm³/mol. The van der Waals surface area contributed by atoms with Gasteiger partial charge in [-0.15, -0.1) is 0 Å². The molecule has 1 aliphatic heterocycles. The lowest BCUT2D eigenvalue weighted by Gasteiger charge is -2.06. The van der Waals surface area contributed by atoms with Crippen molar-refractivity contribution in [1.82, 2.24) is 9.47 Å². The van der Waals surface area contributed by atoms with Gasteiger partial charge >= 0.3 is 0 Å². The molecule has 1 saturated heterocycles. The molecular weight excluding hydrogens is 370 g/mol. The Labute approximate surface area is 166 Å². The van der Waals surface area contributed by atoms with Crippen LogP contribution in [0.4, 0.5) is 4.79 Å². The van der Waals surface area contributed by atoms with Gasteiger partial charge in [0.25, 0.3) is 11.1 Å². The standard InChI is InChI=1S/C22H17N3O2S/c1-2-25-21(26)20(28-22(25)27)11-17-14-24(19-6-4-3-5-18(17)19)13-16-9-7-15(12-23)8-10-16/h3-11,14H,2,13H2,1H3/b20-11-. The van der Waals surface area contributed by atoms with Gasteiger partial charge in [-0.2, -0.15) is 5.26 Å². The van der Waals surface area contributed by atoms with Gasteiger partial charge in [-0.25, -0.2) is 0 Å². The van der Waals surface area contributed by atoms with E-state index < -0.39 is 0 Å². The summed E-state index contributed by atoms with van der Waals surface area (Å²) in [5, 5.41) is 9.76. The molecule has 1 aliphatic rings. The lowest BCUT2D eigenvalue weighted by molar-refractivity contribution is -0.122. The molecule has 5 nitrogen and oxygen atoms in total. The molecule has 6 heteroatoms. The van der Waals surface area contributed by atoms with Gasteiger partial charge in [0.15, 0.2) is 0 Å². The Morgan fingerprint density at radius 3 is 2.54 bits per heavy atom. The first-order valence-corrected chi connectivity index (χ1v) is 9.74. The molecular formula is C22H17N3O2S. The fourth-order valence-corrected chi connectivity index (χ4v) is 4.21. The van der Waals surface area contributed by atoms with Crippen LogP contribution in [-0.2, 0) is 11.3 Å². The second-order valence-electron chi connectivity index (χ2n) is 6.46. The summed E-state index contributed by atoms with van der Waals surface area (Å²) in [7, 11) is 0. The first kappa shape index (κ1) is 18.1. The minimum atomic E-state index is -0.235. The number of hydrogen-bond acceptors (Lipinski definition) is 4. The highest BCUT2D eigenvalue weighted by atomic mass is 32.2. The van der Waals surface area contributed by atoms with Crippen molar-refractivity contribution in [2.75, 3.05) is 6.54 Å². The van der Waals surface area contributed by atoms with E-state index in [1.807, 2.05) is 54.7 Å². The van der Waals surface area contributed by atoms with Crippen LogP contribution in [-0.4, -0.2) is 27.2 Å². The van der Waals surface area contributed by atoms with Crippen LogP contribution >= 0.6 is 11.8 Å². The number of rotatable bonds is 4. The van der Waals surface area contributed by atoms with Crippen molar-refractivity contribution in [2.45, 2.75) is 13.5 Å². The number of aromatic nitrogens is 1. The van der Waals surface area contributed by atoms with Gasteiger partial charge in [0.05, 0.1) is 16.5 Å². The van der Waals surface area contributed by atoms with E-state index >= 15 is 0 Å². The molecule has 0 radical (unpaired) electrons. The molecule has 0 saturated carbocycles. The minimum Gasteiger partial charge on any atom is -0.342 e. The maximum atomic E-state index is 12.4. The smallest absolute Gasteiger partial charge is 0.293 e. The minimum absolute atomic E-state index is 0.222. The third-order valence-corrected chi connectivity index (χ3v) is 5.64. The maximum Gasteiger partial charge on any atom is 0.293 e. The van der Waals surface area contributed by atoms with Crippen LogP contribution in [0.5, 0.6) is 0 Å². The third kappa shape index (κ3) is 3.21. The molecule has 4 rings (SSSR count). The number of para-hydroxylation sites is 1. The Balaban J connectivity index is 1.73. The zero-order chi connectivity index (χ0) is 19.7. The fourth-order valence-electron chi connectivity index (χ4n) is 3.32. The van der Waals surface area contributed by atoms with E-state index in [-0.39, 0.29) is 11.1 Å². The number of thioether (sulfide) groups is 1. The van der Waals surface area contributed by atoms with E-state index in [0.717, 1.165) is 33.8 Å². The lowest BCUT2D eigenvalue weighted by atomic mass is 10.1. The van der Waals surface area contributed by atoms with Gasteiger partial charge < -0.3 is 4.57 Å². The monoisotopic (exact) mass is 387 g/mol. The molecule has 0 N–H and O–H groups in total. The molecule has 0 spiro atoms. The van der Waals surface area contributed by atoms with Gasteiger partial charge in [0, 0.05) is 35.8 Å². The van der Waals surface area contributed by atoms with Crippen molar-refractivity contribution < 1.29 is 9.59 Å². The summed E-state index contributed by atoms with van der Waals surface area (Å²) in [6.07, 6.45) is 3.81. The molecule has 2 amide bonds. The van der Waals surface area contributed by atoms with Gasteiger partial charge in [-0.3, -0.25) is 14.5 Å². The molecule has 2 heterocycles. The number of fused-ring (bicyclic) bond motifs is 1. The Morgan fingerprint density at radius 2 is 1.86 bits per heavy atom. The van der Waals surface area contributed by atoms with E-state index in [9.17, 15) is 9.59 Å². The molecule has 1 aromatic heterocycles. The van der Waals surface area contributed by atoms with Crippen molar-refractivity contribution in [3.05, 3.63) is 76.3 Å². The van der Waals surface area contributed by atoms with E-state index in [4.69, 9.17) is 5.26 Å². The number of nitrogens with zero attached hydrogens (tertiary/aromatic N) is 3. The molecule has 28 heavy (non-hydrogen) atoms. The second kappa shape index (κ2) is 7.37. The zero-order valence-corrected chi connectivity index (χ0v) is 16.1. The van der Waals surface area contributed by atoms with Crippen molar-refractivity contribution in [3.63, 3.8) is 0 Å². The molecule has 0 atom stereocenters. The summed E-state index contributed by atoms with van der Waals surface area (Å²) in [4.78, 5) is 26.1. The van der Waals surface area contributed by atoms with Gasteiger partial charge in [-0.05, 0) is 48.5 Å². The fraction of sp³-hybridized carbons (Fsp3) is 0.136. The Hall–Kier alpha value is -3.30. The van der Waals surface area contributed by atoms with Crippen LogP contribution in [0.3, 0.4) is 0 Å². The third-order valence-electron chi connectivity index (χ3n) is 4.73. The molecule has 2 aromatic carbocycles. The maximum absolute atomic E-state index is 12.4. The van der Waals surface area contributed by atoms with Crippen LogP contribution in [0.15, 0.2) is 59.6 Å². The second-order valence-corrected chi connectivity index (χ2v) is 7.46. The van der Waals surface area contributed by atoms with Gasteiger partial charge in [0.2, 0.25) is 0 Å². The van der Waals surface area contributed by atoms with E-state index in [0.29, 0.717) is 23.6 Å². The summed E-state index contributed by atoms with van der Waals surface area (Å²) in [6, 6.07) is 17.6. The molecule has 0 unspecified atom stereocenters. The number of carbonyl (C=O) groups is 2. The Kier molecular flexibility index (Phi) is 4.76. The van der Waals surface area contributed by atoms with E-state index in [1.165, 1.54) is 4.90 Å². The number of likely N-dealkylation sites (N-methyl/N-ethyl adjacent to an activating group) is 1. The van der Waals surface area contributed by atoms with Crippen molar-refractivity contribution in [3.8, 4) is 6.07 Å². The van der Waals surface area contributed by atoms with Crippen LogP contribution in [0.25, 0.3) is 17.0 Å². The van der Waals surface area contributed by atoms with Crippen LogP contribution in [0.1, 0.15) is 23.6 Å². The highest BCUT2D eigenvalue weighted by Crippen LogP contribution is 2.34. The topological polar surface area (TPSA) is 66.1 Å². The highest BCUT2D eigenvalue weighted by molar-refractivity contribution is 8.18. The molecule has 1 fully saturated rings. The lowest BCUT2D eigenvalue weighted by Crippen LogP contribution is -2.27. The normalized spacial score (nSPS) is 15.6. The van der Waals surface area contributed by atoms with Crippen LogP contribution in [0, 0.1) is 11.3 Å². The average Bonchev–Trinajstić information content (AvgIpc) is 3.19. The van der Waals surface area contributed by atoms with Crippen molar-refractivity contribution >= 4 is 39.9 Å². The number of hydrogen-bond donors (Lipinski definition) is 0. The largest absolute Gasteiger partial charge is 0.342 e. The molecule has 138 valence electrons. The highest BCUT2D eigenvalue weighted by Gasteiger charge is 2.33. The SMILES string of the molecule is CCN1C(=O)S/C(=C\c2cn(Cc3ccc(C#N)cc3)c3ccccc23)C1=O. The summed E-state index contributed by atoms with van der Waals surface area (Å²) >= 11 is 0.986. The number of carbonyl (C=O) groups excluding carboxylic acids is 2. The number of nitriles is 1. The summed E-state index contributed by atoms with van der Waals surface area (Å²) < 4.78 is 2.12. The summed E-state index contributed by atoms with van der Waals surface area (Å²) in [5.74, 6) is -0.235. The number of imide groups is 1. The van der Waals surface area contributed by atoms with E-state index in [2.05, 4.69) is 10.6 Å². The zero-order valence-electron chi connectivity index (χ0n) is 15.3. The first-order valence-electron chi connectivity index (χ1n) is 8.93.